The summed E-state index contributed by atoms with van der Waals surface area (Å²) in [6.45, 7) is 2.26. The molecule has 0 saturated carbocycles. The van der Waals surface area contributed by atoms with Crippen LogP contribution in [0.1, 0.15) is 35.6 Å². The monoisotopic (exact) mass is 355 g/mol. The van der Waals surface area contributed by atoms with Gasteiger partial charge in [0.2, 0.25) is 0 Å². The molecule has 2 heteroatoms. The average Bonchev–Trinajstić information content (AvgIpc) is 3.18. The molecule has 1 aromatic heterocycles. The number of nitrogens with zero attached hydrogens (tertiary/aromatic N) is 1. The minimum Gasteiger partial charge on any atom is -0.245 e. The van der Waals surface area contributed by atoms with Gasteiger partial charge in [0.25, 0.3) is 0 Å². The molecule has 5 rings (SSSR count). The molecular weight excluding hydrogens is 334 g/mol. The summed E-state index contributed by atoms with van der Waals surface area (Å²) in [6, 6.07) is 13.7. The van der Waals surface area contributed by atoms with Crippen molar-refractivity contribution >= 4 is 32.7 Å². The lowest BCUT2D eigenvalue weighted by atomic mass is 9.93. The zero-order valence-corrected chi connectivity index (χ0v) is 15.7. The first-order valence-electron chi connectivity index (χ1n) is 9.31. The second-order valence-electron chi connectivity index (χ2n) is 7.23. The van der Waals surface area contributed by atoms with Crippen molar-refractivity contribution in [1.82, 2.24) is 4.98 Å². The van der Waals surface area contributed by atoms with E-state index in [2.05, 4.69) is 72.6 Å². The number of hydrogen-bond acceptors (Lipinski definition) is 2. The number of thiazole rings is 1. The summed E-state index contributed by atoms with van der Waals surface area (Å²) in [6.07, 6.45) is 12.8. The fourth-order valence-corrected chi connectivity index (χ4v) is 4.54. The first kappa shape index (κ1) is 15.8. The topological polar surface area (TPSA) is 12.9 Å². The van der Waals surface area contributed by atoms with E-state index in [0.29, 0.717) is 5.92 Å². The maximum Gasteiger partial charge on any atom is 0.0812 e. The van der Waals surface area contributed by atoms with Crippen LogP contribution in [-0.4, -0.2) is 4.98 Å². The van der Waals surface area contributed by atoms with Gasteiger partial charge in [0.15, 0.2) is 0 Å². The minimum absolute atomic E-state index is 0.532. The molecule has 0 aliphatic heterocycles. The van der Waals surface area contributed by atoms with Gasteiger partial charge in [-0.1, -0.05) is 48.6 Å². The van der Waals surface area contributed by atoms with Crippen molar-refractivity contribution in [1.29, 1.82) is 0 Å². The molecule has 1 heterocycles. The fourth-order valence-electron chi connectivity index (χ4n) is 3.82. The van der Waals surface area contributed by atoms with E-state index in [9.17, 15) is 0 Å². The largest absolute Gasteiger partial charge is 0.245 e. The van der Waals surface area contributed by atoms with Crippen LogP contribution in [0.4, 0.5) is 0 Å². The normalized spacial score (nSPS) is 17.1. The molecule has 0 saturated heterocycles. The van der Waals surface area contributed by atoms with Crippen molar-refractivity contribution in [2.24, 2.45) is 5.92 Å². The molecule has 2 aliphatic rings. The predicted molar refractivity (Wildman–Crippen MR) is 112 cm³/mol. The molecular formula is C24H21NS. The van der Waals surface area contributed by atoms with Gasteiger partial charge in [0.05, 0.1) is 15.7 Å². The lowest BCUT2D eigenvalue weighted by Gasteiger charge is -2.12. The molecule has 0 bridgehead atoms. The van der Waals surface area contributed by atoms with Crippen LogP contribution in [0.15, 0.2) is 66.2 Å². The summed E-state index contributed by atoms with van der Waals surface area (Å²) in [5, 5.41) is 0. The first-order valence-corrected chi connectivity index (χ1v) is 10.2. The highest BCUT2D eigenvalue weighted by Crippen LogP contribution is 2.33. The number of aryl methyl sites for hydroxylation is 2. The molecule has 2 aliphatic carbocycles. The van der Waals surface area contributed by atoms with E-state index in [-0.39, 0.29) is 0 Å². The van der Waals surface area contributed by atoms with Crippen molar-refractivity contribution in [2.45, 2.75) is 26.2 Å². The van der Waals surface area contributed by atoms with Crippen LogP contribution in [0.25, 0.3) is 21.4 Å². The van der Waals surface area contributed by atoms with E-state index < -0.39 is 0 Å². The van der Waals surface area contributed by atoms with Crippen LogP contribution in [0.3, 0.4) is 0 Å². The van der Waals surface area contributed by atoms with Gasteiger partial charge in [0.1, 0.15) is 0 Å². The number of fused-ring (bicyclic) bond motifs is 2. The van der Waals surface area contributed by atoms with Crippen LogP contribution >= 0.6 is 11.3 Å². The SMILES string of the molecule is C/C(=C(\C=C/C1C=C1)c1ccc2ncsc2c1)c1ccc2c(c1)CCC2. The van der Waals surface area contributed by atoms with Crippen LogP contribution in [-0.2, 0) is 12.8 Å². The molecule has 0 atom stereocenters. The number of allylic oxidation sites excluding steroid dienone is 6. The molecule has 0 fully saturated rings. The molecule has 3 aromatic rings. The Bertz CT molecular complexity index is 1070. The van der Waals surface area contributed by atoms with Crippen molar-refractivity contribution in [3.05, 3.63) is 88.5 Å². The Morgan fingerprint density at radius 3 is 2.77 bits per heavy atom. The smallest absolute Gasteiger partial charge is 0.0812 e. The summed E-state index contributed by atoms with van der Waals surface area (Å²) in [4.78, 5) is 4.42. The summed E-state index contributed by atoms with van der Waals surface area (Å²) in [5.41, 5.74) is 11.4. The minimum atomic E-state index is 0.532. The number of aromatic nitrogens is 1. The highest BCUT2D eigenvalue weighted by Gasteiger charge is 2.14. The summed E-state index contributed by atoms with van der Waals surface area (Å²) >= 11 is 1.71. The van der Waals surface area contributed by atoms with Gasteiger partial charge in [-0.3, -0.25) is 0 Å². The van der Waals surface area contributed by atoms with E-state index in [4.69, 9.17) is 0 Å². The van der Waals surface area contributed by atoms with Gasteiger partial charge in [0, 0.05) is 5.92 Å². The van der Waals surface area contributed by atoms with Gasteiger partial charge in [-0.25, -0.2) is 4.98 Å². The molecule has 0 unspecified atom stereocenters. The van der Waals surface area contributed by atoms with Crippen molar-refractivity contribution < 1.29 is 0 Å². The highest BCUT2D eigenvalue weighted by atomic mass is 32.1. The van der Waals surface area contributed by atoms with Gasteiger partial charge in [-0.05, 0) is 71.7 Å². The molecule has 0 spiro atoms. The molecule has 26 heavy (non-hydrogen) atoms. The van der Waals surface area contributed by atoms with E-state index in [1.807, 2.05) is 5.51 Å². The summed E-state index contributed by atoms with van der Waals surface area (Å²) in [5.74, 6) is 0.532. The van der Waals surface area contributed by atoms with E-state index in [0.717, 1.165) is 5.52 Å². The maximum absolute atomic E-state index is 4.42. The Balaban J connectivity index is 1.62. The lowest BCUT2D eigenvalue weighted by molar-refractivity contribution is 0.912. The van der Waals surface area contributed by atoms with E-state index >= 15 is 0 Å². The van der Waals surface area contributed by atoms with Gasteiger partial charge in [-0.2, -0.15) is 0 Å². The number of hydrogen-bond donors (Lipinski definition) is 0. The Hall–Kier alpha value is -2.45. The standard InChI is InChI=1S/C24H21NS/c1-16(19-9-8-18-3-2-4-20(18)13-19)22(11-7-17-5-6-17)21-10-12-23-24(14-21)26-15-25-23/h5-15,17H,2-4H2,1H3/b11-7-,22-16-. The fraction of sp³-hybridized carbons (Fsp3) is 0.208. The predicted octanol–water partition coefficient (Wildman–Crippen LogP) is 6.46. The molecule has 0 radical (unpaired) electrons. The lowest BCUT2D eigenvalue weighted by Crippen LogP contribution is -1.91. The zero-order valence-electron chi connectivity index (χ0n) is 14.9. The van der Waals surface area contributed by atoms with Crippen LogP contribution in [0.2, 0.25) is 0 Å². The zero-order chi connectivity index (χ0) is 17.5. The second-order valence-corrected chi connectivity index (χ2v) is 8.12. The third kappa shape index (κ3) is 2.95. The molecule has 0 amide bonds. The number of benzene rings is 2. The average molecular weight is 356 g/mol. The molecule has 1 nitrogen and oxygen atoms in total. The Labute approximate surface area is 158 Å². The highest BCUT2D eigenvalue weighted by molar-refractivity contribution is 7.16. The quantitative estimate of drug-likeness (QED) is 0.297. The van der Waals surface area contributed by atoms with Gasteiger partial charge in [-0.15, -0.1) is 11.3 Å². The maximum atomic E-state index is 4.42. The van der Waals surface area contributed by atoms with Crippen molar-refractivity contribution in [3.63, 3.8) is 0 Å². The molecule has 2 aromatic carbocycles. The second kappa shape index (κ2) is 6.37. The van der Waals surface area contributed by atoms with Crippen LogP contribution in [0.5, 0.6) is 0 Å². The van der Waals surface area contributed by atoms with Crippen LogP contribution < -0.4 is 0 Å². The Morgan fingerprint density at radius 1 is 1.04 bits per heavy atom. The van der Waals surface area contributed by atoms with Crippen LogP contribution in [0, 0.1) is 5.92 Å². The van der Waals surface area contributed by atoms with Crippen molar-refractivity contribution in [3.8, 4) is 0 Å². The number of rotatable bonds is 4. The molecule has 128 valence electrons. The van der Waals surface area contributed by atoms with Gasteiger partial charge < -0.3 is 0 Å². The Kier molecular flexibility index (Phi) is 3.86. The Morgan fingerprint density at radius 2 is 1.88 bits per heavy atom. The third-order valence-corrected chi connectivity index (χ3v) is 6.27. The van der Waals surface area contributed by atoms with E-state index in [1.165, 1.54) is 57.4 Å². The van der Waals surface area contributed by atoms with Gasteiger partial charge >= 0.3 is 0 Å². The first-order chi connectivity index (χ1) is 12.8. The van der Waals surface area contributed by atoms with E-state index in [1.54, 1.807) is 11.3 Å². The third-order valence-electron chi connectivity index (χ3n) is 5.48. The van der Waals surface area contributed by atoms with Crippen molar-refractivity contribution in [2.75, 3.05) is 0 Å². The summed E-state index contributed by atoms with van der Waals surface area (Å²) in [7, 11) is 0. The summed E-state index contributed by atoms with van der Waals surface area (Å²) < 4.78 is 1.25. The molecule has 0 N–H and O–H groups in total.